The van der Waals surface area contributed by atoms with E-state index < -0.39 is 5.97 Å². The van der Waals surface area contributed by atoms with E-state index in [-0.39, 0.29) is 22.6 Å². The first kappa shape index (κ1) is 20.7. The number of aromatic carboxylic acids is 1. The molecule has 2 aliphatic rings. The van der Waals surface area contributed by atoms with E-state index in [0.29, 0.717) is 11.1 Å². The molecule has 2 aromatic carbocycles. The van der Waals surface area contributed by atoms with Crippen LogP contribution in [-0.4, -0.2) is 20.6 Å². The molecule has 1 aromatic heterocycles. The van der Waals surface area contributed by atoms with E-state index in [0.717, 1.165) is 48.3 Å². The molecule has 1 atom stereocenters. The summed E-state index contributed by atoms with van der Waals surface area (Å²) in [7, 11) is 0. The number of carboxylic acids is 1. The van der Waals surface area contributed by atoms with Gasteiger partial charge in [0.05, 0.1) is 22.5 Å². The van der Waals surface area contributed by atoms with Gasteiger partial charge in [0.1, 0.15) is 5.82 Å². The van der Waals surface area contributed by atoms with Crippen molar-refractivity contribution >= 4 is 22.6 Å². The molecule has 6 nitrogen and oxygen atoms in total. The Hall–Kier alpha value is -3.15. The summed E-state index contributed by atoms with van der Waals surface area (Å²) in [6, 6.07) is 10.7. The summed E-state index contributed by atoms with van der Waals surface area (Å²) in [5.74, 6) is -0.0132. The summed E-state index contributed by atoms with van der Waals surface area (Å²) in [5, 5.41) is 13.6. The number of aromatic nitrogens is 2. The Morgan fingerprint density at radius 3 is 2.66 bits per heavy atom. The van der Waals surface area contributed by atoms with Crippen LogP contribution in [0.4, 0.5) is 5.69 Å². The number of rotatable bonds is 4. The minimum atomic E-state index is -0.970. The van der Waals surface area contributed by atoms with Crippen LogP contribution < -0.4 is 10.9 Å². The number of aryl methyl sites for hydroxylation is 1. The van der Waals surface area contributed by atoms with Gasteiger partial charge in [0.2, 0.25) is 0 Å². The lowest BCUT2D eigenvalue weighted by Gasteiger charge is -2.32. The minimum absolute atomic E-state index is 0.0281. The van der Waals surface area contributed by atoms with Crippen LogP contribution in [0, 0.1) is 6.92 Å². The molecule has 2 heterocycles. The Kier molecular flexibility index (Phi) is 5.03. The van der Waals surface area contributed by atoms with Gasteiger partial charge < -0.3 is 10.4 Å². The van der Waals surface area contributed by atoms with E-state index in [9.17, 15) is 14.7 Å². The fraction of sp³-hybridized carbons (Fsp3) is 0.423. The van der Waals surface area contributed by atoms with Gasteiger partial charge in [0, 0.05) is 23.2 Å². The Balaban J connectivity index is 1.64. The Morgan fingerprint density at radius 1 is 1.16 bits per heavy atom. The van der Waals surface area contributed by atoms with Gasteiger partial charge in [-0.15, -0.1) is 0 Å². The van der Waals surface area contributed by atoms with Gasteiger partial charge in [0.25, 0.3) is 5.56 Å². The first-order chi connectivity index (χ1) is 15.4. The van der Waals surface area contributed by atoms with E-state index in [1.54, 1.807) is 18.2 Å². The van der Waals surface area contributed by atoms with Crippen molar-refractivity contribution in [2.24, 2.45) is 0 Å². The maximum Gasteiger partial charge on any atom is 0.337 e. The van der Waals surface area contributed by atoms with Gasteiger partial charge in [-0.1, -0.05) is 37.5 Å². The van der Waals surface area contributed by atoms with E-state index in [4.69, 9.17) is 4.98 Å². The van der Waals surface area contributed by atoms with Crippen LogP contribution in [0.2, 0.25) is 0 Å². The van der Waals surface area contributed by atoms with Crippen LogP contribution in [0.15, 0.2) is 41.2 Å². The van der Waals surface area contributed by atoms with E-state index in [1.807, 2.05) is 30.5 Å². The zero-order chi connectivity index (χ0) is 22.5. The lowest BCUT2D eigenvalue weighted by atomic mass is 9.72. The predicted molar refractivity (Wildman–Crippen MR) is 126 cm³/mol. The molecule has 1 aliphatic carbocycles. The molecule has 1 unspecified atom stereocenters. The topological polar surface area (TPSA) is 84.2 Å². The molecule has 1 saturated carbocycles. The molecule has 6 heteroatoms. The number of nitrogens with zero attached hydrogens (tertiary/aromatic N) is 2. The number of benzene rings is 2. The maximum absolute atomic E-state index is 13.5. The smallest absolute Gasteiger partial charge is 0.337 e. The molecule has 0 bridgehead atoms. The molecule has 0 saturated heterocycles. The molecule has 0 radical (unpaired) electrons. The highest BCUT2D eigenvalue weighted by Crippen LogP contribution is 2.45. The highest BCUT2D eigenvalue weighted by molar-refractivity contribution is 5.94. The number of fused-ring (bicyclic) bond motifs is 3. The van der Waals surface area contributed by atoms with Crippen molar-refractivity contribution < 1.29 is 9.90 Å². The quantitative estimate of drug-likeness (QED) is 0.594. The standard InChI is InChI=1S/C26H29N3O3/c1-16-14-19(17(2)27-21-9-5-4-8-18(21)24(31)32)22-20(15-16)23(30)29-13-12-26(25(29)28-22)10-6-3-7-11-26/h4-5,8-9,14-15,17,27H,3,6-7,10-13H2,1-2H3,(H,31,32). The first-order valence-electron chi connectivity index (χ1n) is 11.5. The SMILES string of the molecule is Cc1cc(C(C)Nc2ccccc2C(=O)O)c2nc3n(c(=O)c2c1)CCC31CCCCC1. The Morgan fingerprint density at radius 2 is 1.91 bits per heavy atom. The number of nitrogens with one attached hydrogen (secondary N) is 1. The van der Waals surface area contributed by atoms with E-state index in [1.165, 1.54) is 19.3 Å². The molecule has 1 spiro atoms. The normalized spacial score (nSPS) is 17.9. The third kappa shape index (κ3) is 3.29. The van der Waals surface area contributed by atoms with Gasteiger partial charge >= 0.3 is 5.97 Å². The Bertz CT molecular complexity index is 1270. The van der Waals surface area contributed by atoms with Gasteiger partial charge in [0.15, 0.2) is 0 Å². The third-order valence-corrected chi connectivity index (χ3v) is 7.33. The van der Waals surface area contributed by atoms with Crippen molar-refractivity contribution in [2.45, 2.75) is 70.4 Å². The largest absolute Gasteiger partial charge is 0.478 e. The highest BCUT2D eigenvalue weighted by atomic mass is 16.4. The lowest BCUT2D eigenvalue weighted by molar-refractivity contribution is 0.0698. The molecule has 32 heavy (non-hydrogen) atoms. The van der Waals surface area contributed by atoms with Gasteiger partial charge in [-0.2, -0.15) is 0 Å². The van der Waals surface area contributed by atoms with Gasteiger partial charge in [-0.25, -0.2) is 9.78 Å². The summed E-state index contributed by atoms with van der Waals surface area (Å²) in [5.41, 5.74) is 3.54. The van der Waals surface area contributed by atoms with Gasteiger partial charge in [-0.3, -0.25) is 9.36 Å². The zero-order valence-electron chi connectivity index (χ0n) is 18.6. The van der Waals surface area contributed by atoms with Gasteiger partial charge in [-0.05, 0) is 56.9 Å². The Labute approximate surface area is 187 Å². The van der Waals surface area contributed by atoms with Crippen LogP contribution in [-0.2, 0) is 12.0 Å². The van der Waals surface area contributed by atoms with Crippen LogP contribution in [0.5, 0.6) is 0 Å². The summed E-state index contributed by atoms with van der Waals surface area (Å²) in [4.78, 5) is 30.3. The van der Waals surface area contributed by atoms with Crippen LogP contribution >= 0.6 is 0 Å². The molecule has 1 fully saturated rings. The summed E-state index contributed by atoms with van der Waals surface area (Å²) in [6.07, 6.45) is 6.85. The second-order valence-electron chi connectivity index (χ2n) is 9.45. The van der Waals surface area contributed by atoms with Crippen molar-refractivity contribution in [2.75, 3.05) is 5.32 Å². The number of hydrogen-bond donors (Lipinski definition) is 2. The minimum Gasteiger partial charge on any atom is -0.478 e. The van der Waals surface area contributed by atoms with Crippen molar-refractivity contribution in [3.05, 3.63) is 69.3 Å². The molecule has 1 aliphatic heterocycles. The first-order valence-corrected chi connectivity index (χ1v) is 11.5. The van der Waals surface area contributed by atoms with Crippen molar-refractivity contribution in [3.8, 4) is 0 Å². The van der Waals surface area contributed by atoms with Crippen LogP contribution in [0.3, 0.4) is 0 Å². The van der Waals surface area contributed by atoms with E-state index >= 15 is 0 Å². The average molecular weight is 432 g/mol. The molecule has 5 rings (SSSR count). The molecular formula is C26H29N3O3. The van der Waals surface area contributed by atoms with Crippen molar-refractivity contribution in [3.63, 3.8) is 0 Å². The molecule has 3 aromatic rings. The lowest BCUT2D eigenvalue weighted by Crippen LogP contribution is -2.31. The number of para-hydroxylation sites is 1. The van der Waals surface area contributed by atoms with Crippen LogP contribution in [0.1, 0.15) is 78.8 Å². The maximum atomic E-state index is 13.5. The molecule has 166 valence electrons. The monoisotopic (exact) mass is 431 g/mol. The number of carboxylic acid groups (broad SMARTS) is 1. The zero-order valence-corrected chi connectivity index (χ0v) is 18.6. The fourth-order valence-electron chi connectivity index (χ4n) is 5.69. The molecule has 0 amide bonds. The number of carbonyl (C=O) groups is 1. The average Bonchev–Trinajstić information content (AvgIpc) is 3.12. The third-order valence-electron chi connectivity index (χ3n) is 7.33. The fourth-order valence-corrected chi connectivity index (χ4v) is 5.69. The number of anilines is 1. The van der Waals surface area contributed by atoms with Crippen molar-refractivity contribution in [1.29, 1.82) is 0 Å². The second kappa shape index (κ2) is 7.76. The summed E-state index contributed by atoms with van der Waals surface area (Å²) < 4.78 is 1.91. The number of hydrogen-bond acceptors (Lipinski definition) is 4. The summed E-state index contributed by atoms with van der Waals surface area (Å²) in [6.45, 7) is 4.73. The predicted octanol–water partition coefficient (Wildman–Crippen LogP) is 5.18. The highest BCUT2D eigenvalue weighted by Gasteiger charge is 2.42. The summed E-state index contributed by atoms with van der Waals surface area (Å²) >= 11 is 0. The second-order valence-corrected chi connectivity index (χ2v) is 9.45. The molecular weight excluding hydrogens is 402 g/mol. The van der Waals surface area contributed by atoms with E-state index in [2.05, 4.69) is 11.4 Å². The van der Waals surface area contributed by atoms with Crippen LogP contribution in [0.25, 0.3) is 10.9 Å². The van der Waals surface area contributed by atoms with Crippen molar-refractivity contribution in [1.82, 2.24) is 9.55 Å². The molecule has 2 N–H and O–H groups in total.